The van der Waals surface area contributed by atoms with E-state index in [1.807, 2.05) is 0 Å². The standard InChI is InChI=1S/C10H17N3O4/c1-2-5-12-6-9(15)13-7(10(16)17)3-4-8(11)14/h2,7,12H,1,3-6H2,(H2,11,14)(H,13,15)(H,16,17). The molecule has 0 aliphatic rings. The van der Waals surface area contributed by atoms with Crippen molar-refractivity contribution in [2.24, 2.45) is 5.73 Å². The molecule has 5 N–H and O–H groups in total. The highest BCUT2D eigenvalue weighted by Crippen LogP contribution is 1.97. The van der Waals surface area contributed by atoms with Gasteiger partial charge in [-0.15, -0.1) is 6.58 Å². The SMILES string of the molecule is C=CCNCC(=O)NC(CCC(N)=O)C(=O)O. The van der Waals surface area contributed by atoms with Gasteiger partial charge in [0.05, 0.1) is 6.54 Å². The van der Waals surface area contributed by atoms with Crippen LogP contribution in [0.25, 0.3) is 0 Å². The molecule has 2 amide bonds. The molecule has 0 fully saturated rings. The molecule has 17 heavy (non-hydrogen) atoms. The number of nitrogens with two attached hydrogens (primary N) is 1. The van der Waals surface area contributed by atoms with E-state index < -0.39 is 23.8 Å². The average molecular weight is 243 g/mol. The molecule has 7 heteroatoms. The highest BCUT2D eigenvalue weighted by molar-refractivity contribution is 5.85. The van der Waals surface area contributed by atoms with E-state index in [1.165, 1.54) is 0 Å². The molecule has 0 bridgehead atoms. The van der Waals surface area contributed by atoms with Gasteiger partial charge in [-0.25, -0.2) is 4.79 Å². The lowest BCUT2D eigenvalue weighted by Crippen LogP contribution is -2.45. The van der Waals surface area contributed by atoms with Crippen molar-refractivity contribution in [3.63, 3.8) is 0 Å². The summed E-state index contributed by atoms with van der Waals surface area (Å²) in [4.78, 5) is 32.6. The Bertz CT molecular complexity index is 304. The molecule has 0 aromatic rings. The van der Waals surface area contributed by atoms with Crippen molar-refractivity contribution in [2.45, 2.75) is 18.9 Å². The molecule has 1 atom stereocenters. The topological polar surface area (TPSA) is 122 Å². The van der Waals surface area contributed by atoms with Crippen molar-refractivity contribution >= 4 is 17.8 Å². The minimum Gasteiger partial charge on any atom is -0.480 e. The maximum absolute atomic E-state index is 11.3. The molecule has 0 rings (SSSR count). The third kappa shape index (κ3) is 7.97. The van der Waals surface area contributed by atoms with Gasteiger partial charge in [0.15, 0.2) is 0 Å². The Labute approximate surface area is 99.1 Å². The third-order valence-corrected chi connectivity index (χ3v) is 1.89. The van der Waals surface area contributed by atoms with Gasteiger partial charge >= 0.3 is 5.97 Å². The first-order chi connectivity index (χ1) is 7.97. The van der Waals surface area contributed by atoms with Crippen LogP contribution in [0.1, 0.15) is 12.8 Å². The van der Waals surface area contributed by atoms with E-state index >= 15 is 0 Å². The zero-order chi connectivity index (χ0) is 13.3. The van der Waals surface area contributed by atoms with Crippen LogP contribution in [0.15, 0.2) is 12.7 Å². The van der Waals surface area contributed by atoms with Crippen LogP contribution in [0.5, 0.6) is 0 Å². The molecule has 0 aliphatic carbocycles. The van der Waals surface area contributed by atoms with Crippen LogP contribution in [0.2, 0.25) is 0 Å². The van der Waals surface area contributed by atoms with Crippen molar-refractivity contribution in [3.8, 4) is 0 Å². The Kier molecular flexibility index (Phi) is 7.36. The number of primary amides is 1. The smallest absolute Gasteiger partial charge is 0.326 e. The number of amides is 2. The van der Waals surface area contributed by atoms with E-state index in [1.54, 1.807) is 6.08 Å². The van der Waals surface area contributed by atoms with E-state index in [2.05, 4.69) is 17.2 Å². The van der Waals surface area contributed by atoms with E-state index in [4.69, 9.17) is 10.8 Å². The summed E-state index contributed by atoms with van der Waals surface area (Å²) < 4.78 is 0. The molecule has 96 valence electrons. The number of carbonyl (C=O) groups is 3. The van der Waals surface area contributed by atoms with Gasteiger partial charge in [-0.3, -0.25) is 9.59 Å². The fraction of sp³-hybridized carbons (Fsp3) is 0.500. The largest absolute Gasteiger partial charge is 0.480 e. The maximum Gasteiger partial charge on any atom is 0.326 e. The molecule has 0 saturated carbocycles. The van der Waals surface area contributed by atoms with Gasteiger partial charge in [0, 0.05) is 13.0 Å². The van der Waals surface area contributed by atoms with E-state index in [0.717, 1.165) is 0 Å². The number of carbonyl (C=O) groups excluding carboxylic acids is 2. The molecule has 0 spiro atoms. The summed E-state index contributed by atoms with van der Waals surface area (Å²) in [5.41, 5.74) is 4.90. The van der Waals surface area contributed by atoms with Gasteiger partial charge in [0.1, 0.15) is 6.04 Å². The zero-order valence-electron chi connectivity index (χ0n) is 9.44. The normalized spacial score (nSPS) is 11.5. The Morgan fingerprint density at radius 1 is 1.41 bits per heavy atom. The second kappa shape index (κ2) is 8.28. The van der Waals surface area contributed by atoms with Gasteiger partial charge < -0.3 is 21.5 Å². The lowest BCUT2D eigenvalue weighted by Gasteiger charge is -2.13. The van der Waals surface area contributed by atoms with Crippen molar-refractivity contribution < 1.29 is 19.5 Å². The molecular formula is C10H17N3O4. The number of hydrogen-bond donors (Lipinski definition) is 4. The first kappa shape index (κ1) is 15.1. The monoisotopic (exact) mass is 243 g/mol. The molecule has 0 aromatic carbocycles. The Morgan fingerprint density at radius 2 is 2.06 bits per heavy atom. The van der Waals surface area contributed by atoms with Crippen molar-refractivity contribution in [1.82, 2.24) is 10.6 Å². The minimum absolute atomic E-state index is 0.00757. The number of carboxylic acid groups (broad SMARTS) is 1. The summed E-state index contributed by atoms with van der Waals surface area (Å²) in [6.07, 6.45) is 1.48. The summed E-state index contributed by atoms with van der Waals surface area (Å²) in [6.45, 7) is 3.90. The highest BCUT2D eigenvalue weighted by Gasteiger charge is 2.19. The lowest BCUT2D eigenvalue weighted by molar-refractivity contribution is -0.142. The number of rotatable bonds is 9. The number of carboxylic acids is 1. The number of nitrogens with one attached hydrogen (secondary N) is 2. The lowest BCUT2D eigenvalue weighted by atomic mass is 10.1. The summed E-state index contributed by atoms with van der Waals surface area (Å²) >= 11 is 0. The van der Waals surface area contributed by atoms with E-state index in [9.17, 15) is 14.4 Å². The molecule has 0 heterocycles. The minimum atomic E-state index is -1.19. The van der Waals surface area contributed by atoms with Crippen LogP contribution < -0.4 is 16.4 Å². The predicted molar refractivity (Wildman–Crippen MR) is 61.1 cm³/mol. The molecule has 7 nitrogen and oxygen atoms in total. The first-order valence-electron chi connectivity index (χ1n) is 5.09. The molecule has 0 aliphatic heterocycles. The van der Waals surface area contributed by atoms with Gasteiger partial charge in [0.2, 0.25) is 11.8 Å². The summed E-state index contributed by atoms with van der Waals surface area (Å²) in [7, 11) is 0. The highest BCUT2D eigenvalue weighted by atomic mass is 16.4. The van der Waals surface area contributed by atoms with Crippen molar-refractivity contribution in [3.05, 3.63) is 12.7 Å². The van der Waals surface area contributed by atoms with E-state index in [-0.39, 0.29) is 19.4 Å². The fourth-order valence-corrected chi connectivity index (χ4v) is 1.08. The maximum atomic E-state index is 11.3. The second-order valence-electron chi connectivity index (χ2n) is 3.38. The van der Waals surface area contributed by atoms with Gasteiger partial charge in [-0.05, 0) is 6.42 Å². The number of hydrogen-bond acceptors (Lipinski definition) is 4. The van der Waals surface area contributed by atoms with Crippen LogP contribution in [0.3, 0.4) is 0 Å². The summed E-state index contributed by atoms with van der Waals surface area (Å²) in [6, 6.07) is -1.10. The Balaban J connectivity index is 4.06. The average Bonchev–Trinajstić information content (AvgIpc) is 2.23. The van der Waals surface area contributed by atoms with Crippen LogP contribution in [-0.2, 0) is 14.4 Å². The van der Waals surface area contributed by atoms with Crippen LogP contribution in [-0.4, -0.2) is 42.0 Å². The molecule has 0 saturated heterocycles. The Hall–Kier alpha value is -1.89. The molecular weight excluding hydrogens is 226 g/mol. The molecule has 0 aromatic heterocycles. The second-order valence-corrected chi connectivity index (χ2v) is 3.38. The molecule has 0 radical (unpaired) electrons. The van der Waals surface area contributed by atoms with Gasteiger partial charge in [-0.2, -0.15) is 0 Å². The van der Waals surface area contributed by atoms with Crippen molar-refractivity contribution in [2.75, 3.05) is 13.1 Å². The summed E-state index contributed by atoms with van der Waals surface area (Å²) in [5.74, 6) is -2.25. The van der Waals surface area contributed by atoms with Gasteiger partial charge in [0.25, 0.3) is 0 Å². The van der Waals surface area contributed by atoms with Crippen LogP contribution in [0, 0.1) is 0 Å². The zero-order valence-corrected chi connectivity index (χ0v) is 9.44. The molecule has 1 unspecified atom stereocenters. The number of aliphatic carboxylic acids is 1. The van der Waals surface area contributed by atoms with E-state index in [0.29, 0.717) is 6.54 Å². The third-order valence-electron chi connectivity index (χ3n) is 1.89. The quantitative estimate of drug-likeness (QED) is 0.293. The first-order valence-corrected chi connectivity index (χ1v) is 5.09. The van der Waals surface area contributed by atoms with Crippen LogP contribution >= 0.6 is 0 Å². The summed E-state index contributed by atoms with van der Waals surface area (Å²) in [5, 5.41) is 13.8. The fourth-order valence-electron chi connectivity index (χ4n) is 1.08. The predicted octanol–water partition coefficient (Wildman–Crippen LogP) is -1.40. The van der Waals surface area contributed by atoms with Gasteiger partial charge in [-0.1, -0.05) is 6.08 Å². The van der Waals surface area contributed by atoms with Crippen LogP contribution in [0.4, 0.5) is 0 Å². The Morgan fingerprint density at radius 3 is 2.53 bits per heavy atom. The van der Waals surface area contributed by atoms with Crippen molar-refractivity contribution in [1.29, 1.82) is 0 Å².